The molecule has 1 unspecified atom stereocenters. The molecule has 0 spiro atoms. The van der Waals surface area contributed by atoms with E-state index in [0.717, 1.165) is 13.0 Å². The Morgan fingerprint density at radius 2 is 1.68 bits per heavy atom. The van der Waals surface area contributed by atoms with Gasteiger partial charge in [-0.3, -0.25) is 0 Å². The van der Waals surface area contributed by atoms with Crippen molar-refractivity contribution in [2.24, 2.45) is 0 Å². The van der Waals surface area contributed by atoms with Gasteiger partial charge in [-0.1, -0.05) is 48.5 Å². The van der Waals surface area contributed by atoms with Crippen LogP contribution in [-0.4, -0.2) is 23.0 Å². The van der Waals surface area contributed by atoms with Gasteiger partial charge in [-0.05, 0) is 48.1 Å². The molecule has 0 radical (unpaired) electrons. The summed E-state index contributed by atoms with van der Waals surface area (Å²) in [5.41, 5.74) is 5.63. The highest BCUT2D eigenvalue weighted by molar-refractivity contribution is 8.18. The second kappa shape index (κ2) is 6.42. The fraction of sp³-hybridized carbons (Fsp3) is 0.333. The first kappa shape index (κ1) is 15.9. The molecule has 3 aromatic rings. The molecule has 5 rings (SSSR count). The van der Waals surface area contributed by atoms with E-state index in [2.05, 4.69) is 88.4 Å². The molecule has 4 heteroatoms. The third-order valence-electron chi connectivity index (χ3n) is 5.34. The maximum absolute atomic E-state index is 3.87. The summed E-state index contributed by atoms with van der Waals surface area (Å²) in [6.45, 7) is 1.05. The third kappa shape index (κ3) is 2.54. The van der Waals surface area contributed by atoms with Crippen LogP contribution in [0.4, 0.5) is 0 Å². The number of rotatable bonds is 2. The van der Waals surface area contributed by atoms with Gasteiger partial charge in [0.25, 0.3) is 0 Å². The average Bonchev–Trinajstić information content (AvgIpc) is 3.08. The van der Waals surface area contributed by atoms with Gasteiger partial charge in [0, 0.05) is 16.6 Å². The Hall–Kier alpha value is -1.36. The summed E-state index contributed by atoms with van der Waals surface area (Å²) < 4.78 is 0.0511. The summed E-state index contributed by atoms with van der Waals surface area (Å²) in [7, 11) is 0. The van der Waals surface area contributed by atoms with E-state index in [1.165, 1.54) is 45.7 Å². The Bertz CT molecular complexity index is 881. The Morgan fingerprint density at radius 3 is 2.52 bits per heavy atom. The minimum Gasteiger partial charge on any atom is -0.357 e. The smallest absolute Gasteiger partial charge is 0.107 e. The van der Waals surface area contributed by atoms with E-state index in [1.54, 1.807) is 0 Å². The molecular weight excluding hydrogens is 344 g/mol. The minimum absolute atomic E-state index is 0.0511. The number of para-hydroxylation sites is 1. The molecule has 1 fully saturated rings. The summed E-state index contributed by atoms with van der Waals surface area (Å²) in [5.74, 6) is 2.46. The highest BCUT2D eigenvalue weighted by Gasteiger charge is 2.46. The number of aromatic amines is 1. The van der Waals surface area contributed by atoms with Gasteiger partial charge in [-0.15, -0.1) is 23.5 Å². The lowest BCUT2D eigenvalue weighted by atomic mass is 9.93. The molecule has 2 nitrogen and oxygen atoms in total. The van der Waals surface area contributed by atoms with Gasteiger partial charge in [0.15, 0.2) is 0 Å². The van der Waals surface area contributed by atoms with Crippen molar-refractivity contribution in [2.75, 3.05) is 18.1 Å². The summed E-state index contributed by atoms with van der Waals surface area (Å²) >= 11 is 4.25. The largest absolute Gasteiger partial charge is 0.357 e. The first-order valence-electron chi connectivity index (χ1n) is 9.05. The van der Waals surface area contributed by atoms with Gasteiger partial charge in [0.05, 0.1) is 6.04 Å². The van der Waals surface area contributed by atoms with Crippen LogP contribution in [0.2, 0.25) is 0 Å². The Kier molecular flexibility index (Phi) is 4.07. The summed E-state index contributed by atoms with van der Waals surface area (Å²) in [6.07, 6.45) is 2.41. The molecule has 0 bridgehead atoms. The van der Waals surface area contributed by atoms with Crippen LogP contribution >= 0.6 is 23.5 Å². The van der Waals surface area contributed by atoms with Crippen molar-refractivity contribution in [3.8, 4) is 0 Å². The second-order valence-electron chi connectivity index (χ2n) is 6.78. The quantitative estimate of drug-likeness (QED) is 0.662. The van der Waals surface area contributed by atoms with E-state index >= 15 is 0 Å². The molecule has 1 saturated heterocycles. The zero-order chi connectivity index (χ0) is 16.7. The van der Waals surface area contributed by atoms with Crippen LogP contribution in [0.5, 0.6) is 0 Å². The number of hydrogen-bond acceptors (Lipinski definition) is 3. The van der Waals surface area contributed by atoms with Crippen molar-refractivity contribution in [3.63, 3.8) is 0 Å². The van der Waals surface area contributed by atoms with Crippen molar-refractivity contribution in [3.05, 3.63) is 71.4 Å². The van der Waals surface area contributed by atoms with Crippen LogP contribution in [0.3, 0.4) is 0 Å². The van der Waals surface area contributed by atoms with E-state index < -0.39 is 0 Å². The second-order valence-corrected chi connectivity index (χ2v) is 9.72. The average molecular weight is 367 g/mol. The van der Waals surface area contributed by atoms with Gasteiger partial charge >= 0.3 is 0 Å². The zero-order valence-electron chi connectivity index (χ0n) is 14.1. The predicted octanol–water partition coefficient (Wildman–Crippen LogP) is 5.08. The van der Waals surface area contributed by atoms with Crippen molar-refractivity contribution in [1.82, 2.24) is 10.3 Å². The van der Waals surface area contributed by atoms with Gasteiger partial charge in [0.1, 0.15) is 4.08 Å². The monoisotopic (exact) mass is 366 g/mol. The van der Waals surface area contributed by atoms with E-state index in [4.69, 9.17) is 0 Å². The zero-order valence-corrected chi connectivity index (χ0v) is 15.8. The van der Waals surface area contributed by atoms with Crippen LogP contribution in [0.15, 0.2) is 54.6 Å². The molecule has 128 valence electrons. The van der Waals surface area contributed by atoms with Gasteiger partial charge in [-0.25, -0.2) is 0 Å². The lowest BCUT2D eigenvalue weighted by molar-refractivity contribution is 0.465. The van der Waals surface area contributed by atoms with Crippen LogP contribution in [0.1, 0.15) is 29.3 Å². The van der Waals surface area contributed by atoms with Crippen LogP contribution in [0.25, 0.3) is 10.9 Å². The number of benzene rings is 2. The van der Waals surface area contributed by atoms with E-state index in [-0.39, 0.29) is 4.08 Å². The number of nitrogens with one attached hydrogen (secondary N) is 2. The van der Waals surface area contributed by atoms with Gasteiger partial charge in [-0.2, -0.15) is 0 Å². The molecule has 3 heterocycles. The molecular formula is C21H22N2S2. The molecule has 0 saturated carbocycles. The number of hydrogen-bond donors (Lipinski definition) is 2. The van der Waals surface area contributed by atoms with Gasteiger partial charge < -0.3 is 10.3 Å². The first-order chi connectivity index (χ1) is 12.4. The predicted molar refractivity (Wildman–Crippen MR) is 110 cm³/mol. The van der Waals surface area contributed by atoms with Crippen molar-refractivity contribution in [1.29, 1.82) is 0 Å². The summed E-state index contributed by atoms with van der Waals surface area (Å²) in [5, 5.41) is 5.27. The molecule has 2 aliphatic heterocycles. The molecule has 1 aromatic heterocycles. The van der Waals surface area contributed by atoms with E-state index in [0.29, 0.717) is 6.04 Å². The first-order valence-corrected chi connectivity index (χ1v) is 11.0. The molecule has 2 aliphatic rings. The topological polar surface area (TPSA) is 27.8 Å². The SMILES string of the molecule is c1ccc(C2(C3NCCc4c3[nH]c3ccccc43)SCCCS2)cc1. The number of aromatic nitrogens is 1. The highest BCUT2D eigenvalue weighted by atomic mass is 32.2. The van der Waals surface area contributed by atoms with Crippen molar-refractivity contribution >= 4 is 34.4 Å². The fourth-order valence-corrected chi connectivity index (χ4v) is 7.76. The fourth-order valence-electron chi connectivity index (χ4n) is 4.22. The van der Waals surface area contributed by atoms with Gasteiger partial charge in [0.2, 0.25) is 0 Å². The van der Waals surface area contributed by atoms with Crippen LogP contribution in [-0.2, 0) is 10.5 Å². The Morgan fingerprint density at radius 1 is 0.920 bits per heavy atom. The maximum atomic E-state index is 3.87. The standard InChI is InChI=1S/C21H22N2S2/c1-2-7-15(8-3-1)21(24-13-6-14-25-21)20-19-17(11-12-22-20)16-9-4-5-10-18(16)23-19/h1-5,7-10,20,22-23H,6,11-14H2. The maximum Gasteiger partial charge on any atom is 0.107 e. The molecule has 25 heavy (non-hydrogen) atoms. The van der Waals surface area contributed by atoms with Crippen LogP contribution in [0, 0.1) is 0 Å². The minimum atomic E-state index is 0.0511. The summed E-state index contributed by atoms with van der Waals surface area (Å²) in [4.78, 5) is 3.77. The lowest BCUT2D eigenvalue weighted by Gasteiger charge is -2.44. The number of thioether (sulfide) groups is 2. The van der Waals surface area contributed by atoms with Crippen molar-refractivity contribution < 1.29 is 0 Å². The molecule has 0 amide bonds. The molecule has 1 atom stereocenters. The van der Waals surface area contributed by atoms with Crippen molar-refractivity contribution in [2.45, 2.75) is 23.0 Å². The van der Waals surface area contributed by atoms with Crippen LogP contribution < -0.4 is 5.32 Å². The van der Waals surface area contributed by atoms with E-state index in [9.17, 15) is 0 Å². The normalized spacial score (nSPS) is 22.6. The Labute approximate surface area is 157 Å². The summed E-state index contributed by atoms with van der Waals surface area (Å²) in [6, 6.07) is 20.2. The molecule has 2 aromatic carbocycles. The van der Waals surface area contributed by atoms with E-state index in [1.807, 2.05) is 0 Å². The Balaban J connectivity index is 1.69. The lowest BCUT2D eigenvalue weighted by Crippen LogP contribution is -2.43. The number of H-pyrrole nitrogens is 1. The highest BCUT2D eigenvalue weighted by Crippen LogP contribution is 2.58. The third-order valence-corrected chi connectivity index (χ3v) is 8.83. The molecule has 0 aliphatic carbocycles. The molecule has 2 N–H and O–H groups in total. The number of fused-ring (bicyclic) bond motifs is 3.